The van der Waals surface area contributed by atoms with E-state index in [2.05, 4.69) is 31.6 Å². The molecule has 1 aliphatic rings. The Bertz CT molecular complexity index is 1520. The molecule has 0 unspecified atom stereocenters. The molecule has 1 N–H and O–H groups in total. The predicted octanol–water partition coefficient (Wildman–Crippen LogP) is 4.82. The molecule has 9 heteroatoms. The molecule has 0 radical (unpaired) electrons. The zero-order valence-electron chi connectivity index (χ0n) is 21.2. The summed E-state index contributed by atoms with van der Waals surface area (Å²) >= 11 is 6.70. The van der Waals surface area contributed by atoms with Crippen LogP contribution in [0.3, 0.4) is 0 Å². The molecule has 1 saturated heterocycles. The number of rotatable bonds is 7. The highest BCUT2D eigenvalue weighted by Gasteiger charge is 2.20. The first-order chi connectivity index (χ1) is 17.9. The Kier molecular flexibility index (Phi) is 7.28. The Morgan fingerprint density at radius 3 is 2.65 bits per heavy atom. The van der Waals surface area contributed by atoms with Crippen molar-refractivity contribution in [3.8, 4) is 22.4 Å². The number of anilines is 1. The van der Waals surface area contributed by atoms with Gasteiger partial charge in [-0.05, 0) is 38.3 Å². The van der Waals surface area contributed by atoms with Gasteiger partial charge in [0, 0.05) is 71.6 Å². The third-order valence-corrected chi connectivity index (χ3v) is 7.41. The topological polar surface area (TPSA) is 88.6 Å². The Morgan fingerprint density at radius 1 is 1.14 bits per heavy atom. The summed E-state index contributed by atoms with van der Waals surface area (Å²) in [5, 5.41) is 4.61. The smallest absolute Gasteiger partial charge is 0.260 e. The molecule has 4 aromatic rings. The van der Waals surface area contributed by atoms with Crippen molar-refractivity contribution < 1.29 is 4.58 Å². The summed E-state index contributed by atoms with van der Waals surface area (Å²) in [6, 6.07) is 7.44. The highest BCUT2D eigenvalue weighted by atomic mass is 35.5. The van der Waals surface area contributed by atoms with Crippen molar-refractivity contribution in [1.29, 1.82) is 0 Å². The standard InChI is InChI=1S/C28H30ClN7O/c1-4-36-26-21(17-33-28(34-26)32-10-7-19-8-13-35(3)14-9-19)15-23(27(36)37)22-6-5-20(16-24(22)29)25-18(2)30-11-12-31-25/h5-6,11-12,15-17,19H,3-4,7-10,13-14H2,1-2H3/p+1. The number of hydrogen-bond donors (Lipinski definition) is 1. The third-order valence-electron chi connectivity index (χ3n) is 7.10. The first-order valence-corrected chi connectivity index (χ1v) is 13.1. The van der Waals surface area contributed by atoms with Crippen molar-refractivity contribution in [2.45, 2.75) is 39.7 Å². The minimum absolute atomic E-state index is 0.134. The van der Waals surface area contributed by atoms with Gasteiger partial charge >= 0.3 is 0 Å². The van der Waals surface area contributed by atoms with E-state index in [0.29, 0.717) is 40.2 Å². The molecule has 0 aliphatic carbocycles. The molecular weight excluding hydrogens is 486 g/mol. The van der Waals surface area contributed by atoms with Crippen LogP contribution in [0.4, 0.5) is 5.95 Å². The molecule has 5 rings (SSSR count). The molecule has 0 amide bonds. The number of hydrogen-bond acceptors (Lipinski definition) is 6. The molecule has 0 atom stereocenters. The average Bonchev–Trinajstić information content (AvgIpc) is 2.90. The molecule has 1 fully saturated rings. The average molecular weight is 517 g/mol. The van der Waals surface area contributed by atoms with Crippen molar-refractivity contribution in [1.82, 2.24) is 24.5 Å². The number of pyridine rings is 1. The van der Waals surface area contributed by atoms with E-state index >= 15 is 0 Å². The lowest BCUT2D eigenvalue weighted by Gasteiger charge is -2.20. The first-order valence-electron chi connectivity index (χ1n) is 12.7. The van der Waals surface area contributed by atoms with E-state index in [1.165, 1.54) is 12.8 Å². The summed E-state index contributed by atoms with van der Waals surface area (Å²) in [6.45, 7) is 11.3. The monoisotopic (exact) mass is 516 g/mol. The summed E-state index contributed by atoms with van der Waals surface area (Å²) < 4.78 is 3.81. The van der Waals surface area contributed by atoms with Crippen LogP contribution in [0.15, 0.2) is 47.7 Å². The van der Waals surface area contributed by atoms with Crippen LogP contribution in [0.5, 0.6) is 0 Å². The molecule has 3 aromatic heterocycles. The normalized spacial score (nSPS) is 14.3. The second-order valence-electron chi connectivity index (χ2n) is 9.54. The van der Waals surface area contributed by atoms with Gasteiger partial charge < -0.3 is 5.32 Å². The van der Waals surface area contributed by atoms with Gasteiger partial charge in [0.05, 0.1) is 11.4 Å². The molecule has 37 heavy (non-hydrogen) atoms. The van der Waals surface area contributed by atoms with Crippen LogP contribution < -0.4 is 10.9 Å². The number of benzene rings is 1. The van der Waals surface area contributed by atoms with E-state index in [0.717, 1.165) is 48.4 Å². The molecule has 4 heterocycles. The fourth-order valence-electron chi connectivity index (χ4n) is 4.97. The zero-order chi connectivity index (χ0) is 25.9. The molecule has 1 aromatic carbocycles. The van der Waals surface area contributed by atoms with Crippen LogP contribution in [0.25, 0.3) is 33.4 Å². The van der Waals surface area contributed by atoms with Gasteiger partial charge in [-0.3, -0.25) is 19.3 Å². The fourth-order valence-corrected chi connectivity index (χ4v) is 5.25. The van der Waals surface area contributed by atoms with Crippen molar-refractivity contribution in [2.75, 3.05) is 25.0 Å². The fraction of sp³-hybridized carbons (Fsp3) is 0.357. The van der Waals surface area contributed by atoms with E-state index in [1.54, 1.807) is 23.2 Å². The molecule has 1 aliphatic heterocycles. The van der Waals surface area contributed by atoms with Gasteiger partial charge in [-0.25, -0.2) is 9.56 Å². The Morgan fingerprint density at radius 2 is 1.92 bits per heavy atom. The second kappa shape index (κ2) is 10.8. The van der Waals surface area contributed by atoms with Gasteiger partial charge in [0.15, 0.2) is 0 Å². The van der Waals surface area contributed by atoms with Gasteiger partial charge in [-0.2, -0.15) is 4.98 Å². The summed E-state index contributed by atoms with van der Waals surface area (Å²) in [6.07, 6.45) is 8.49. The van der Waals surface area contributed by atoms with Crippen molar-refractivity contribution in [3.63, 3.8) is 0 Å². The number of nitrogens with one attached hydrogen (secondary N) is 1. The minimum atomic E-state index is -0.134. The van der Waals surface area contributed by atoms with Gasteiger partial charge in [-0.15, -0.1) is 0 Å². The molecule has 190 valence electrons. The summed E-state index contributed by atoms with van der Waals surface area (Å²) in [5.41, 5.74) is 4.09. The predicted molar refractivity (Wildman–Crippen MR) is 149 cm³/mol. The van der Waals surface area contributed by atoms with Crippen LogP contribution in [-0.4, -0.2) is 55.4 Å². The lowest BCUT2D eigenvalue weighted by Crippen LogP contribution is -2.26. The van der Waals surface area contributed by atoms with Crippen molar-refractivity contribution >= 4 is 35.3 Å². The lowest BCUT2D eigenvalue weighted by molar-refractivity contribution is -0.532. The number of piperidine rings is 1. The molecule has 8 nitrogen and oxygen atoms in total. The number of fused-ring (bicyclic) bond motifs is 1. The van der Waals surface area contributed by atoms with E-state index in [9.17, 15) is 4.79 Å². The van der Waals surface area contributed by atoms with Gasteiger partial charge in [0.25, 0.3) is 5.56 Å². The maximum Gasteiger partial charge on any atom is 0.260 e. The number of aromatic nitrogens is 5. The summed E-state index contributed by atoms with van der Waals surface area (Å²) in [4.78, 5) is 31.5. The first kappa shape index (κ1) is 25.0. The minimum Gasteiger partial charge on any atom is -0.354 e. The maximum atomic E-state index is 13.5. The van der Waals surface area contributed by atoms with Crippen LogP contribution in [0.2, 0.25) is 5.02 Å². The summed E-state index contributed by atoms with van der Waals surface area (Å²) in [7, 11) is 0. The van der Waals surface area contributed by atoms with Crippen LogP contribution in [-0.2, 0) is 6.54 Å². The number of aryl methyl sites for hydroxylation is 2. The molecule has 0 spiro atoms. The SMILES string of the molecule is C=[N+]1CCC(CCNc2ncc3cc(-c4ccc(-c5nccnc5C)cc4Cl)c(=O)n(CC)c3n2)CC1. The third kappa shape index (κ3) is 5.25. The largest absolute Gasteiger partial charge is 0.354 e. The molecule has 0 saturated carbocycles. The van der Waals surface area contributed by atoms with E-state index in [4.69, 9.17) is 16.6 Å². The van der Waals surface area contributed by atoms with Crippen molar-refractivity contribution in [3.05, 3.63) is 63.9 Å². The van der Waals surface area contributed by atoms with Crippen LogP contribution in [0.1, 0.15) is 31.9 Å². The van der Waals surface area contributed by atoms with E-state index in [-0.39, 0.29) is 5.56 Å². The maximum absolute atomic E-state index is 13.5. The van der Waals surface area contributed by atoms with Crippen LogP contribution in [0, 0.1) is 12.8 Å². The Labute approximate surface area is 221 Å². The highest BCUT2D eigenvalue weighted by Crippen LogP contribution is 2.32. The highest BCUT2D eigenvalue weighted by molar-refractivity contribution is 6.33. The second-order valence-corrected chi connectivity index (χ2v) is 9.95. The van der Waals surface area contributed by atoms with Crippen LogP contribution >= 0.6 is 11.6 Å². The van der Waals surface area contributed by atoms with Gasteiger partial charge in [-0.1, -0.05) is 23.7 Å². The number of halogens is 1. The van der Waals surface area contributed by atoms with Gasteiger partial charge in [0.1, 0.15) is 25.5 Å². The quantitative estimate of drug-likeness (QED) is 0.354. The van der Waals surface area contributed by atoms with E-state index in [1.807, 2.05) is 38.1 Å². The molecular formula is C28H31ClN7O+. The number of nitrogens with zero attached hydrogens (tertiary/aromatic N) is 6. The Balaban J connectivity index is 1.42. The lowest BCUT2D eigenvalue weighted by atomic mass is 9.94. The summed E-state index contributed by atoms with van der Waals surface area (Å²) in [5.74, 6) is 1.23. The molecule has 0 bridgehead atoms. The Hall–Kier alpha value is -3.65. The zero-order valence-corrected chi connectivity index (χ0v) is 22.0. The van der Waals surface area contributed by atoms with Gasteiger partial charge in [0.2, 0.25) is 5.95 Å². The van der Waals surface area contributed by atoms with Crippen molar-refractivity contribution in [2.24, 2.45) is 5.92 Å². The van der Waals surface area contributed by atoms with E-state index < -0.39 is 0 Å².